The second kappa shape index (κ2) is 12.2. The lowest BCUT2D eigenvalue weighted by Gasteiger charge is -2.17. The summed E-state index contributed by atoms with van der Waals surface area (Å²) in [5.41, 5.74) is 4.71. The summed E-state index contributed by atoms with van der Waals surface area (Å²) in [6.07, 6.45) is 4.09. The molecule has 190 valence electrons. The molecule has 0 aliphatic carbocycles. The molecular weight excluding hydrogens is 506 g/mol. The predicted octanol–water partition coefficient (Wildman–Crippen LogP) is 7.59. The average Bonchev–Trinajstić information content (AvgIpc) is 3.13. The molecule has 1 heterocycles. The molecule has 1 saturated heterocycles. The van der Waals surface area contributed by atoms with E-state index in [4.69, 9.17) is 21.1 Å². The van der Waals surface area contributed by atoms with Crippen LogP contribution >= 0.6 is 23.4 Å². The second-order valence-corrected chi connectivity index (χ2v) is 10.0. The highest BCUT2D eigenvalue weighted by Gasteiger charge is 2.35. The summed E-state index contributed by atoms with van der Waals surface area (Å²) in [5.74, 6) is 0.906. The number of hydrogen-bond donors (Lipinski definition) is 0. The third-order valence-corrected chi connectivity index (χ3v) is 6.91. The van der Waals surface area contributed by atoms with Crippen LogP contribution in [0, 0.1) is 6.92 Å². The lowest BCUT2D eigenvalue weighted by Crippen LogP contribution is -2.27. The predicted molar refractivity (Wildman–Crippen MR) is 150 cm³/mol. The number of thioether (sulfide) groups is 1. The zero-order valence-corrected chi connectivity index (χ0v) is 22.4. The van der Waals surface area contributed by atoms with Crippen molar-refractivity contribution >= 4 is 40.6 Å². The molecule has 1 aliphatic rings. The number of amides is 2. The van der Waals surface area contributed by atoms with Crippen LogP contribution in [0.2, 0.25) is 5.02 Å². The number of hydrogen-bond acceptors (Lipinski definition) is 5. The van der Waals surface area contributed by atoms with Gasteiger partial charge in [0.25, 0.3) is 11.1 Å². The first-order valence-corrected chi connectivity index (χ1v) is 13.2. The fourth-order valence-corrected chi connectivity index (χ4v) is 4.86. The summed E-state index contributed by atoms with van der Waals surface area (Å²) in [6, 6.07) is 19.1. The molecule has 1 aliphatic heterocycles. The maximum absolute atomic E-state index is 13.1. The molecule has 0 unspecified atom stereocenters. The van der Waals surface area contributed by atoms with Gasteiger partial charge in [0.2, 0.25) is 0 Å². The summed E-state index contributed by atoms with van der Waals surface area (Å²) in [7, 11) is 0. The molecule has 0 saturated carbocycles. The Bertz CT molecular complexity index is 1330. The van der Waals surface area contributed by atoms with Crippen LogP contribution < -0.4 is 9.47 Å². The minimum atomic E-state index is -0.326. The number of rotatable bonds is 10. The minimum Gasteiger partial charge on any atom is -0.490 e. The molecule has 3 aromatic carbocycles. The van der Waals surface area contributed by atoms with Gasteiger partial charge in [-0.3, -0.25) is 14.5 Å². The number of nitrogens with zero attached hydrogens (tertiary/aromatic N) is 1. The summed E-state index contributed by atoms with van der Waals surface area (Å²) >= 11 is 6.88. The molecule has 2 amide bonds. The molecule has 0 bridgehead atoms. The monoisotopic (exact) mass is 533 g/mol. The topological polar surface area (TPSA) is 55.8 Å². The van der Waals surface area contributed by atoms with E-state index in [0.29, 0.717) is 41.1 Å². The maximum Gasteiger partial charge on any atom is 0.293 e. The Labute approximate surface area is 226 Å². The highest BCUT2D eigenvalue weighted by atomic mass is 35.5. The van der Waals surface area contributed by atoms with Crippen molar-refractivity contribution in [1.82, 2.24) is 4.90 Å². The van der Waals surface area contributed by atoms with E-state index < -0.39 is 0 Å². The number of halogens is 1. The Morgan fingerprint density at radius 3 is 2.38 bits per heavy atom. The number of aryl methyl sites for hydroxylation is 1. The molecular formula is C30H28ClNO4S. The number of imide groups is 1. The smallest absolute Gasteiger partial charge is 0.293 e. The largest absolute Gasteiger partial charge is 0.490 e. The fourth-order valence-electron chi connectivity index (χ4n) is 3.90. The number of ether oxygens (including phenoxy) is 2. The Kier molecular flexibility index (Phi) is 8.74. The summed E-state index contributed by atoms with van der Waals surface area (Å²) in [4.78, 5) is 27.3. The third-order valence-electron chi connectivity index (χ3n) is 5.75. The number of carbonyl (C=O) groups is 2. The standard InChI is InChI=1S/C30H28ClNO4S/c1-4-6-24-15-23(16-26(35-5-2)28(24)36-19-22-9-7-20(3)8-10-22)17-27-29(33)32(30(34)37-27)18-21-11-13-25(31)14-12-21/h4,7-17H,1,5-6,18-19H2,2-3H3/b27-17+. The fraction of sp³-hybridized carbons (Fsp3) is 0.200. The van der Waals surface area contributed by atoms with Crippen molar-refractivity contribution in [2.75, 3.05) is 6.61 Å². The van der Waals surface area contributed by atoms with E-state index in [1.54, 1.807) is 36.4 Å². The van der Waals surface area contributed by atoms with Crippen LogP contribution in [0.4, 0.5) is 4.79 Å². The maximum atomic E-state index is 13.1. The Balaban J connectivity index is 1.60. The van der Waals surface area contributed by atoms with Gasteiger partial charge in [0.1, 0.15) is 6.61 Å². The molecule has 4 rings (SSSR count). The van der Waals surface area contributed by atoms with Gasteiger partial charge in [0, 0.05) is 10.6 Å². The molecule has 37 heavy (non-hydrogen) atoms. The Morgan fingerprint density at radius 2 is 1.70 bits per heavy atom. The first-order chi connectivity index (χ1) is 17.9. The molecule has 0 atom stereocenters. The van der Waals surface area contributed by atoms with Crippen molar-refractivity contribution in [3.05, 3.63) is 111 Å². The van der Waals surface area contributed by atoms with E-state index in [9.17, 15) is 9.59 Å². The molecule has 0 radical (unpaired) electrons. The lowest BCUT2D eigenvalue weighted by molar-refractivity contribution is -0.123. The van der Waals surface area contributed by atoms with E-state index >= 15 is 0 Å². The van der Waals surface area contributed by atoms with Crippen molar-refractivity contribution in [1.29, 1.82) is 0 Å². The van der Waals surface area contributed by atoms with Gasteiger partial charge in [-0.05, 0) is 79.1 Å². The first-order valence-electron chi connectivity index (χ1n) is 12.0. The van der Waals surface area contributed by atoms with Crippen molar-refractivity contribution in [2.45, 2.75) is 33.4 Å². The molecule has 0 N–H and O–H groups in total. The van der Waals surface area contributed by atoms with E-state index in [-0.39, 0.29) is 17.7 Å². The quantitative estimate of drug-likeness (QED) is 0.198. The van der Waals surface area contributed by atoms with Crippen LogP contribution in [-0.4, -0.2) is 22.7 Å². The van der Waals surface area contributed by atoms with E-state index in [2.05, 4.69) is 18.7 Å². The lowest BCUT2D eigenvalue weighted by atomic mass is 10.0. The molecule has 3 aromatic rings. The first kappa shape index (κ1) is 26.6. The van der Waals surface area contributed by atoms with Gasteiger partial charge in [0.15, 0.2) is 11.5 Å². The van der Waals surface area contributed by atoms with Crippen molar-refractivity contribution in [2.24, 2.45) is 0 Å². The van der Waals surface area contributed by atoms with Crippen LogP contribution in [0.3, 0.4) is 0 Å². The molecule has 1 fully saturated rings. The van der Waals surface area contributed by atoms with E-state index in [1.807, 2.05) is 38.1 Å². The van der Waals surface area contributed by atoms with Crippen LogP contribution in [-0.2, 0) is 24.4 Å². The SMILES string of the molecule is C=CCc1cc(/C=C2/SC(=O)N(Cc3ccc(Cl)cc3)C2=O)cc(OCC)c1OCc1ccc(C)cc1. The van der Waals surface area contributed by atoms with Gasteiger partial charge in [-0.25, -0.2) is 0 Å². The Hall–Kier alpha value is -3.48. The number of benzene rings is 3. The van der Waals surface area contributed by atoms with Gasteiger partial charge >= 0.3 is 0 Å². The average molecular weight is 534 g/mol. The number of allylic oxidation sites excluding steroid dienone is 1. The van der Waals surface area contributed by atoms with Crippen LogP contribution in [0.1, 0.15) is 34.7 Å². The highest BCUT2D eigenvalue weighted by molar-refractivity contribution is 8.18. The van der Waals surface area contributed by atoms with Crippen molar-refractivity contribution in [3.8, 4) is 11.5 Å². The van der Waals surface area contributed by atoms with Crippen molar-refractivity contribution < 1.29 is 19.1 Å². The second-order valence-electron chi connectivity index (χ2n) is 8.60. The molecule has 0 aromatic heterocycles. The Morgan fingerprint density at radius 1 is 1.00 bits per heavy atom. The van der Waals surface area contributed by atoms with Crippen LogP contribution in [0.5, 0.6) is 11.5 Å². The normalized spacial score (nSPS) is 14.4. The summed E-state index contributed by atoms with van der Waals surface area (Å²) < 4.78 is 12.1. The van der Waals surface area contributed by atoms with E-state index in [1.165, 1.54) is 10.5 Å². The minimum absolute atomic E-state index is 0.191. The molecule has 7 heteroatoms. The van der Waals surface area contributed by atoms with Gasteiger partial charge in [-0.2, -0.15) is 0 Å². The zero-order valence-electron chi connectivity index (χ0n) is 20.8. The highest BCUT2D eigenvalue weighted by Crippen LogP contribution is 2.38. The van der Waals surface area contributed by atoms with Gasteiger partial charge in [-0.15, -0.1) is 6.58 Å². The number of carbonyl (C=O) groups excluding carboxylic acids is 2. The van der Waals surface area contributed by atoms with E-state index in [0.717, 1.165) is 34.0 Å². The van der Waals surface area contributed by atoms with Crippen LogP contribution in [0.15, 0.2) is 78.2 Å². The molecule has 5 nitrogen and oxygen atoms in total. The van der Waals surface area contributed by atoms with Gasteiger partial charge in [-0.1, -0.05) is 59.6 Å². The van der Waals surface area contributed by atoms with Crippen LogP contribution in [0.25, 0.3) is 6.08 Å². The van der Waals surface area contributed by atoms with Gasteiger partial charge in [0.05, 0.1) is 18.1 Å². The van der Waals surface area contributed by atoms with Gasteiger partial charge < -0.3 is 9.47 Å². The third kappa shape index (κ3) is 6.64. The van der Waals surface area contributed by atoms with Crippen molar-refractivity contribution in [3.63, 3.8) is 0 Å². The molecule has 0 spiro atoms. The summed E-state index contributed by atoms with van der Waals surface area (Å²) in [5, 5.41) is 0.296. The zero-order chi connectivity index (χ0) is 26.4. The summed E-state index contributed by atoms with van der Waals surface area (Å²) in [6.45, 7) is 8.88.